The van der Waals surface area contributed by atoms with Crippen molar-refractivity contribution < 1.29 is 19.1 Å². The Morgan fingerprint density at radius 1 is 0.900 bits per heavy atom. The molecule has 0 saturated carbocycles. The van der Waals surface area contributed by atoms with E-state index in [9.17, 15) is 9.59 Å². The number of carbonyl (C=O) groups excluding carboxylic acids is 2. The van der Waals surface area contributed by atoms with Gasteiger partial charge in [-0.2, -0.15) is 0 Å². The van der Waals surface area contributed by atoms with E-state index in [0.717, 1.165) is 10.6 Å². The molecule has 1 aliphatic heterocycles. The second kappa shape index (κ2) is 5.05. The van der Waals surface area contributed by atoms with Crippen LogP contribution in [0.5, 0.6) is 11.5 Å². The SMILES string of the molecule is O=C1COC(=O)N1c1ccc(Oc2ccccc2)cc1. The minimum Gasteiger partial charge on any atom is -0.457 e. The van der Waals surface area contributed by atoms with E-state index in [0.29, 0.717) is 11.4 Å². The third-order valence-electron chi connectivity index (χ3n) is 2.82. The lowest BCUT2D eigenvalue weighted by atomic mass is 10.2. The molecular weight excluding hydrogens is 258 g/mol. The third-order valence-corrected chi connectivity index (χ3v) is 2.82. The number of anilines is 1. The van der Waals surface area contributed by atoms with E-state index >= 15 is 0 Å². The molecule has 1 fully saturated rings. The molecule has 5 nitrogen and oxygen atoms in total. The molecule has 0 unspecified atom stereocenters. The fourth-order valence-corrected chi connectivity index (χ4v) is 1.89. The molecule has 0 aliphatic carbocycles. The molecule has 0 N–H and O–H groups in total. The van der Waals surface area contributed by atoms with Gasteiger partial charge >= 0.3 is 6.09 Å². The van der Waals surface area contributed by atoms with E-state index in [-0.39, 0.29) is 12.5 Å². The molecule has 0 aromatic heterocycles. The minimum absolute atomic E-state index is 0.207. The van der Waals surface area contributed by atoms with Crippen LogP contribution in [-0.4, -0.2) is 18.6 Å². The largest absolute Gasteiger partial charge is 0.457 e. The maximum absolute atomic E-state index is 11.5. The van der Waals surface area contributed by atoms with Crippen molar-refractivity contribution in [3.8, 4) is 11.5 Å². The first kappa shape index (κ1) is 12.2. The lowest BCUT2D eigenvalue weighted by molar-refractivity contribution is -0.117. The van der Waals surface area contributed by atoms with E-state index in [1.165, 1.54) is 0 Å². The molecular formula is C15H11NO4. The zero-order valence-corrected chi connectivity index (χ0v) is 10.5. The number of rotatable bonds is 3. The van der Waals surface area contributed by atoms with Crippen molar-refractivity contribution in [3.05, 3.63) is 54.6 Å². The lowest BCUT2D eigenvalue weighted by Crippen LogP contribution is -2.28. The molecule has 2 aromatic carbocycles. The van der Waals surface area contributed by atoms with Gasteiger partial charge < -0.3 is 9.47 Å². The Bertz CT molecular complexity index is 621. The molecule has 1 saturated heterocycles. The average molecular weight is 269 g/mol. The Balaban J connectivity index is 1.78. The van der Waals surface area contributed by atoms with E-state index in [2.05, 4.69) is 4.74 Å². The first-order valence-electron chi connectivity index (χ1n) is 6.07. The summed E-state index contributed by atoms with van der Waals surface area (Å²) in [6, 6.07) is 16.0. The monoisotopic (exact) mass is 269 g/mol. The van der Waals surface area contributed by atoms with Crippen LogP contribution in [0.25, 0.3) is 0 Å². The van der Waals surface area contributed by atoms with E-state index in [1.54, 1.807) is 24.3 Å². The van der Waals surface area contributed by atoms with E-state index in [1.807, 2.05) is 30.3 Å². The van der Waals surface area contributed by atoms with Crippen molar-refractivity contribution in [2.45, 2.75) is 0 Å². The molecule has 0 atom stereocenters. The zero-order valence-electron chi connectivity index (χ0n) is 10.5. The van der Waals surface area contributed by atoms with E-state index < -0.39 is 6.09 Å². The van der Waals surface area contributed by atoms with Crippen molar-refractivity contribution in [1.82, 2.24) is 0 Å². The number of benzene rings is 2. The molecule has 0 spiro atoms. The molecule has 0 bridgehead atoms. The Morgan fingerprint density at radius 3 is 2.15 bits per heavy atom. The smallest absolute Gasteiger partial charge is 0.421 e. The number of imide groups is 1. The zero-order chi connectivity index (χ0) is 13.9. The topological polar surface area (TPSA) is 55.8 Å². The van der Waals surface area contributed by atoms with Crippen LogP contribution < -0.4 is 9.64 Å². The molecule has 100 valence electrons. The normalized spacial score (nSPS) is 14.3. The standard InChI is InChI=1S/C15H11NO4/c17-14-10-19-15(18)16(14)11-6-8-13(9-7-11)20-12-4-2-1-3-5-12/h1-9H,10H2. The van der Waals surface area contributed by atoms with Crippen LogP contribution in [0.15, 0.2) is 54.6 Å². The maximum Gasteiger partial charge on any atom is 0.421 e. The minimum atomic E-state index is -0.647. The highest BCUT2D eigenvalue weighted by Crippen LogP contribution is 2.25. The fourth-order valence-electron chi connectivity index (χ4n) is 1.89. The third kappa shape index (κ3) is 2.33. The second-order valence-electron chi connectivity index (χ2n) is 4.19. The Hall–Kier alpha value is -2.82. The van der Waals surface area contributed by atoms with Gasteiger partial charge in [0.25, 0.3) is 5.91 Å². The first-order valence-corrected chi connectivity index (χ1v) is 6.07. The molecule has 1 aliphatic rings. The van der Waals surface area contributed by atoms with Gasteiger partial charge in [0.15, 0.2) is 6.61 Å². The van der Waals surface area contributed by atoms with Gasteiger partial charge in [0.2, 0.25) is 0 Å². The Morgan fingerprint density at radius 2 is 1.55 bits per heavy atom. The first-order chi connectivity index (χ1) is 9.74. The van der Waals surface area contributed by atoms with Crippen LogP contribution in [0.4, 0.5) is 10.5 Å². The predicted octanol–water partition coefficient (Wildman–Crippen LogP) is 2.96. The number of hydrogen-bond acceptors (Lipinski definition) is 4. The lowest BCUT2D eigenvalue weighted by Gasteiger charge is -2.11. The molecule has 2 amide bonds. The second-order valence-corrected chi connectivity index (χ2v) is 4.19. The summed E-state index contributed by atoms with van der Waals surface area (Å²) in [6.07, 6.45) is -0.647. The molecule has 2 aromatic rings. The number of amides is 2. The number of ether oxygens (including phenoxy) is 2. The van der Waals surface area contributed by atoms with Crippen molar-refractivity contribution in [2.24, 2.45) is 0 Å². The van der Waals surface area contributed by atoms with Crippen LogP contribution in [0.1, 0.15) is 0 Å². The summed E-state index contributed by atoms with van der Waals surface area (Å²) < 4.78 is 10.3. The summed E-state index contributed by atoms with van der Waals surface area (Å²) in [5.74, 6) is 0.976. The van der Waals surface area contributed by atoms with Crippen LogP contribution in [-0.2, 0) is 9.53 Å². The van der Waals surface area contributed by atoms with Gasteiger partial charge in [0.1, 0.15) is 11.5 Å². The van der Waals surface area contributed by atoms with Gasteiger partial charge in [-0.15, -0.1) is 0 Å². The molecule has 20 heavy (non-hydrogen) atoms. The number of cyclic esters (lactones) is 1. The highest BCUT2D eigenvalue weighted by Gasteiger charge is 2.32. The Kier molecular flexibility index (Phi) is 3.09. The average Bonchev–Trinajstić information content (AvgIpc) is 2.81. The van der Waals surface area contributed by atoms with Gasteiger partial charge in [-0.3, -0.25) is 4.79 Å². The summed E-state index contributed by atoms with van der Waals surface area (Å²) in [4.78, 5) is 23.9. The summed E-state index contributed by atoms with van der Waals surface area (Å²) in [7, 11) is 0. The van der Waals surface area contributed by atoms with Crippen LogP contribution in [0, 0.1) is 0 Å². The van der Waals surface area contributed by atoms with Gasteiger partial charge in [0, 0.05) is 0 Å². The summed E-state index contributed by atoms with van der Waals surface area (Å²) in [6.45, 7) is -0.207. The number of nitrogens with zero attached hydrogens (tertiary/aromatic N) is 1. The maximum atomic E-state index is 11.5. The number of carbonyl (C=O) groups is 2. The van der Waals surface area contributed by atoms with Crippen molar-refractivity contribution in [3.63, 3.8) is 0 Å². The molecule has 0 radical (unpaired) electrons. The quantitative estimate of drug-likeness (QED) is 0.859. The molecule has 1 heterocycles. The summed E-state index contributed by atoms with van der Waals surface area (Å²) in [5, 5.41) is 0. The van der Waals surface area contributed by atoms with Crippen LogP contribution >= 0.6 is 0 Å². The van der Waals surface area contributed by atoms with Crippen molar-refractivity contribution in [2.75, 3.05) is 11.5 Å². The summed E-state index contributed by atoms with van der Waals surface area (Å²) >= 11 is 0. The van der Waals surface area contributed by atoms with Gasteiger partial charge in [-0.1, -0.05) is 18.2 Å². The van der Waals surface area contributed by atoms with Crippen molar-refractivity contribution in [1.29, 1.82) is 0 Å². The molecule has 5 heteroatoms. The molecule has 3 rings (SSSR count). The Labute approximate surface area is 115 Å². The van der Waals surface area contributed by atoms with Gasteiger partial charge in [0.05, 0.1) is 5.69 Å². The van der Waals surface area contributed by atoms with Crippen LogP contribution in [0.3, 0.4) is 0 Å². The summed E-state index contributed by atoms with van der Waals surface area (Å²) in [5.41, 5.74) is 0.470. The van der Waals surface area contributed by atoms with Gasteiger partial charge in [-0.25, -0.2) is 9.69 Å². The highest BCUT2D eigenvalue weighted by molar-refractivity contribution is 6.16. The van der Waals surface area contributed by atoms with Crippen molar-refractivity contribution >= 4 is 17.7 Å². The van der Waals surface area contributed by atoms with Crippen LogP contribution in [0.2, 0.25) is 0 Å². The van der Waals surface area contributed by atoms with Gasteiger partial charge in [-0.05, 0) is 36.4 Å². The fraction of sp³-hybridized carbons (Fsp3) is 0.0667. The highest BCUT2D eigenvalue weighted by atomic mass is 16.6. The number of hydrogen-bond donors (Lipinski definition) is 0. The van der Waals surface area contributed by atoms with E-state index in [4.69, 9.17) is 4.74 Å². The number of para-hydroxylation sites is 1. The predicted molar refractivity (Wildman–Crippen MR) is 71.8 cm³/mol.